The lowest BCUT2D eigenvalue weighted by molar-refractivity contribution is -0.152. The van der Waals surface area contributed by atoms with Crippen molar-refractivity contribution < 1.29 is 9.53 Å². The molecule has 1 fully saturated rings. The number of carbonyl (C=O) groups is 1. The van der Waals surface area contributed by atoms with Gasteiger partial charge in [-0.1, -0.05) is 25.0 Å². The van der Waals surface area contributed by atoms with E-state index < -0.39 is 6.10 Å². The number of hydrogen-bond acceptors (Lipinski definition) is 5. The van der Waals surface area contributed by atoms with Crippen LogP contribution < -0.4 is 0 Å². The van der Waals surface area contributed by atoms with Crippen LogP contribution in [0.1, 0.15) is 43.5 Å². The summed E-state index contributed by atoms with van der Waals surface area (Å²) in [7, 11) is 0. The first-order valence-corrected chi connectivity index (χ1v) is 8.46. The normalized spacial score (nSPS) is 22.9. The monoisotopic (exact) mass is 314 g/mol. The van der Waals surface area contributed by atoms with Crippen LogP contribution >= 0.6 is 11.3 Å². The SMILES string of the molecule is C[C@H](C#N)OC(=O)[C@@H]1CCCC[C@@H]1c1nc2ccccc2s1. The molecule has 1 heterocycles. The molecule has 0 bridgehead atoms. The van der Waals surface area contributed by atoms with Crippen molar-refractivity contribution in [2.24, 2.45) is 5.92 Å². The molecule has 1 aliphatic rings. The van der Waals surface area contributed by atoms with Crippen LogP contribution in [-0.2, 0) is 9.53 Å². The van der Waals surface area contributed by atoms with Crippen molar-refractivity contribution in [2.75, 3.05) is 0 Å². The third-order valence-electron chi connectivity index (χ3n) is 4.17. The Morgan fingerprint density at radius 2 is 2.18 bits per heavy atom. The molecular formula is C17H18N2O2S. The van der Waals surface area contributed by atoms with Crippen molar-refractivity contribution in [1.82, 2.24) is 4.98 Å². The first-order chi connectivity index (χ1) is 10.7. The Labute approximate surface area is 133 Å². The van der Waals surface area contributed by atoms with Gasteiger partial charge in [-0.15, -0.1) is 11.3 Å². The smallest absolute Gasteiger partial charge is 0.310 e. The summed E-state index contributed by atoms with van der Waals surface area (Å²) in [6.07, 6.45) is 3.23. The molecule has 22 heavy (non-hydrogen) atoms. The van der Waals surface area contributed by atoms with Gasteiger partial charge in [0.1, 0.15) is 6.07 Å². The van der Waals surface area contributed by atoms with Crippen molar-refractivity contribution >= 4 is 27.5 Å². The summed E-state index contributed by atoms with van der Waals surface area (Å²) < 4.78 is 6.39. The minimum absolute atomic E-state index is 0.115. The summed E-state index contributed by atoms with van der Waals surface area (Å²) in [4.78, 5) is 17.1. The van der Waals surface area contributed by atoms with Gasteiger partial charge in [-0.2, -0.15) is 5.26 Å². The van der Waals surface area contributed by atoms with Crippen LogP contribution in [0, 0.1) is 17.2 Å². The highest BCUT2D eigenvalue weighted by atomic mass is 32.1. The van der Waals surface area contributed by atoms with Gasteiger partial charge in [-0.25, -0.2) is 4.98 Å². The van der Waals surface area contributed by atoms with Crippen LogP contribution in [-0.4, -0.2) is 17.1 Å². The second kappa shape index (κ2) is 6.45. The largest absolute Gasteiger partial charge is 0.447 e. The second-order valence-corrected chi connectivity index (χ2v) is 6.79. The summed E-state index contributed by atoms with van der Waals surface area (Å²) in [5.74, 6) is -0.312. The maximum absolute atomic E-state index is 12.4. The molecule has 0 unspecified atom stereocenters. The number of rotatable bonds is 3. The minimum Gasteiger partial charge on any atom is -0.447 e. The third-order valence-corrected chi connectivity index (χ3v) is 5.34. The molecule has 0 radical (unpaired) electrons. The number of hydrogen-bond donors (Lipinski definition) is 0. The minimum atomic E-state index is -0.689. The average Bonchev–Trinajstić information content (AvgIpc) is 2.98. The fourth-order valence-electron chi connectivity index (χ4n) is 3.05. The van der Waals surface area contributed by atoms with Crippen LogP contribution in [0.25, 0.3) is 10.2 Å². The van der Waals surface area contributed by atoms with Crippen LogP contribution in [0.3, 0.4) is 0 Å². The lowest BCUT2D eigenvalue weighted by atomic mass is 9.79. The number of carbonyl (C=O) groups excluding carboxylic acids is 1. The van der Waals surface area contributed by atoms with E-state index in [2.05, 4.69) is 6.07 Å². The number of nitrogens with zero attached hydrogens (tertiary/aromatic N) is 2. The molecule has 0 aliphatic heterocycles. The highest BCUT2D eigenvalue weighted by molar-refractivity contribution is 7.18. The van der Waals surface area contributed by atoms with Crippen molar-refractivity contribution in [2.45, 2.75) is 44.6 Å². The van der Waals surface area contributed by atoms with Crippen molar-refractivity contribution in [3.8, 4) is 6.07 Å². The zero-order valence-electron chi connectivity index (χ0n) is 12.5. The molecule has 4 nitrogen and oxygen atoms in total. The van der Waals surface area contributed by atoms with E-state index in [-0.39, 0.29) is 17.8 Å². The Morgan fingerprint density at radius 3 is 2.95 bits per heavy atom. The van der Waals surface area contributed by atoms with Crippen molar-refractivity contribution in [1.29, 1.82) is 5.26 Å². The van der Waals surface area contributed by atoms with Crippen molar-refractivity contribution in [3.63, 3.8) is 0 Å². The Morgan fingerprint density at radius 1 is 1.41 bits per heavy atom. The quantitative estimate of drug-likeness (QED) is 0.803. The summed E-state index contributed by atoms with van der Waals surface area (Å²) in [5.41, 5.74) is 0.991. The van der Waals surface area contributed by atoms with E-state index in [0.29, 0.717) is 0 Å². The van der Waals surface area contributed by atoms with E-state index >= 15 is 0 Å². The summed E-state index contributed by atoms with van der Waals surface area (Å²) in [5, 5.41) is 9.84. The molecule has 3 rings (SSSR count). The fraction of sp³-hybridized carbons (Fsp3) is 0.471. The van der Waals surface area contributed by atoms with Crippen LogP contribution in [0.4, 0.5) is 0 Å². The van der Waals surface area contributed by atoms with E-state index in [9.17, 15) is 4.79 Å². The van der Waals surface area contributed by atoms with Gasteiger partial charge < -0.3 is 4.74 Å². The number of aromatic nitrogens is 1. The Kier molecular flexibility index (Phi) is 4.39. The maximum atomic E-state index is 12.4. The number of para-hydroxylation sites is 1. The lowest BCUT2D eigenvalue weighted by Gasteiger charge is -2.28. The standard InChI is InChI=1S/C17H18N2O2S/c1-11(10-18)21-17(20)13-7-3-2-6-12(13)16-19-14-8-4-5-9-15(14)22-16/h4-5,8-9,11-13H,2-3,6-7H2,1H3/t11-,12+,13-/m1/s1. The van der Waals surface area contributed by atoms with Gasteiger partial charge in [0.05, 0.1) is 21.1 Å². The highest BCUT2D eigenvalue weighted by Gasteiger charge is 2.35. The molecular weight excluding hydrogens is 296 g/mol. The number of fused-ring (bicyclic) bond motifs is 1. The average molecular weight is 314 g/mol. The van der Waals surface area contributed by atoms with E-state index in [1.165, 1.54) is 0 Å². The van der Waals surface area contributed by atoms with Gasteiger partial charge >= 0.3 is 5.97 Å². The summed E-state index contributed by atoms with van der Waals surface area (Å²) in [6.45, 7) is 1.60. The Bertz CT molecular complexity index is 686. The zero-order chi connectivity index (χ0) is 15.5. The predicted octanol–water partition coefficient (Wildman–Crippen LogP) is 4.03. The zero-order valence-corrected chi connectivity index (χ0v) is 13.3. The third kappa shape index (κ3) is 2.97. The van der Waals surface area contributed by atoms with Gasteiger partial charge in [0.2, 0.25) is 0 Å². The van der Waals surface area contributed by atoms with E-state index in [0.717, 1.165) is 40.9 Å². The molecule has 1 saturated carbocycles. The molecule has 2 aromatic rings. The number of esters is 1. The predicted molar refractivity (Wildman–Crippen MR) is 85.5 cm³/mol. The first-order valence-electron chi connectivity index (χ1n) is 7.64. The summed E-state index contributed by atoms with van der Waals surface area (Å²) in [6, 6.07) is 10.0. The van der Waals surface area contributed by atoms with Gasteiger partial charge in [0.15, 0.2) is 6.10 Å². The lowest BCUT2D eigenvalue weighted by Crippen LogP contribution is -2.29. The Hall–Kier alpha value is -1.93. The molecule has 114 valence electrons. The van der Waals surface area contributed by atoms with Crippen LogP contribution in [0.2, 0.25) is 0 Å². The number of benzene rings is 1. The first kappa shape index (κ1) is 15.0. The molecule has 1 aromatic heterocycles. The van der Waals surface area contributed by atoms with E-state index in [1.807, 2.05) is 24.3 Å². The van der Waals surface area contributed by atoms with Gasteiger partial charge in [0.25, 0.3) is 0 Å². The second-order valence-electron chi connectivity index (χ2n) is 5.73. The topological polar surface area (TPSA) is 63.0 Å². The highest BCUT2D eigenvalue weighted by Crippen LogP contribution is 2.41. The van der Waals surface area contributed by atoms with Crippen molar-refractivity contribution in [3.05, 3.63) is 29.3 Å². The molecule has 0 N–H and O–H groups in total. The van der Waals surface area contributed by atoms with Crippen LogP contribution in [0.5, 0.6) is 0 Å². The number of nitriles is 1. The fourth-order valence-corrected chi connectivity index (χ4v) is 4.21. The molecule has 1 aliphatic carbocycles. The molecule has 1 aromatic carbocycles. The van der Waals surface area contributed by atoms with E-state index in [1.54, 1.807) is 18.3 Å². The molecule has 5 heteroatoms. The van der Waals surface area contributed by atoms with Gasteiger partial charge in [-0.3, -0.25) is 4.79 Å². The summed E-state index contributed by atoms with van der Waals surface area (Å²) >= 11 is 1.67. The Balaban J connectivity index is 1.86. The molecule has 3 atom stereocenters. The molecule has 0 spiro atoms. The van der Waals surface area contributed by atoms with Gasteiger partial charge in [0, 0.05) is 5.92 Å². The number of thiazole rings is 1. The van der Waals surface area contributed by atoms with Crippen LogP contribution in [0.15, 0.2) is 24.3 Å². The number of ether oxygens (including phenoxy) is 1. The molecule has 0 saturated heterocycles. The van der Waals surface area contributed by atoms with Gasteiger partial charge in [-0.05, 0) is 31.9 Å². The molecule has 0 amide bonds. The maximum Gasteiger partial charge on any atom is 0.310 e. The van der Waals surface area contributed by atoms with E-state index in [4.69, 9.17) is 15.0 Å².